The number of anilines is 1. The Kier molecular flexibility index (Phi) is 6.76. The second kappa shape index (κ2) is 9.93. The van der Waals surface area contributed by atoms with Crippen molar-refractivity contribution in [2.24, 2.45) is 0 Å². The Morgan fingerprint density at radius 1 is 1.08 bits per heavy atom. The van der Waals surface area contributed by atoms with Gasteiger partial charge in [0.05, 0.1) is 28.6 Å². The van der Waals surface area contributed by atoms with Crippen molar-refractivity contribution in [1.29, 1.82) is 0 Å². The van der Waals surface area contributed by atoms with E-state index >= 15 is 0 Å². The van der Waals surface area contributed by atoms with Gasteiger partial charge in [-0.2, -0.15) is 0 Å². The van der Waals surface area contributed by atoms with Gasteiger partial charge in [0.25, 0.3) is 5.78 Å². The molecule has 1 unspecified atom stereocenters. The van der Waals surface area contributed by atoms with E-state index in [-0.39, 0.29) is 16.7 Å². The number of amides is 1. The molecule has 7 nitrogen and oxygen atoms in total. The summed E-state index contributed by atoms with van der Waals surface area (Å²) in [6.45, 7) is 10.4. The van der Waals surface area contributed by atoms with Crippen LogP contribution in [0.2, 0.25) is 0 Å². The average molecular weight is 542 g/mol. The summed E-state index contributed by atoms with van der Waals surface area (Å²) in [5.41, 5.74) is 3.34. The Labute approximate surface area is 231 Å². The molecule has 1 saturated heterocycles. The number of carbonyl (C=O) groups is 2. The van der Waals surface area contributed by atoms with Crippen molar-refractivity contribution in [3.63, 3.8) is 0 Å². The number of ether oxygens (including phenoxy) is 1. The van der Waals surface area contributed by atoms with Crippen LogP contribution < -0.4 is 9.64 Å². The number of Topliss-reactive ketones (excluding diaryl/α,β-unsaturated/α-hetero) is 1. The summed E-state index contributed by atoms with van der Waals surface area (Å²) < 4.78 is 6.46. The first-order valence-electron chi connectivity index (χ1n) is 12.8. The average Bonchev–Trinajstić information content (AvgIpc) is 3.45. The van der Waals surface area contributed by atoms with Crippen LogP contribution in [-0.2, 0) is 15.0 Å². The Balaban J connectivity index is 1.70. The first-order valence-corrected chi connectivity index (χ1v) is 13.6. The summed E-state index contributed by atoms with van der Waals surface area (Å²) in [5, 5.41) is 12.0. The molecular weight excluding hydrogens is 510 g/mol. The number of aromatic nitrogens is 2. The maximum absolute atomic E-state index is 13.6. The number of ketones is 1. The lowest BCUT2D eigenvalue weighted by Crippen LogP contribution is -2.29. The first-order chi connectivity index (χ1) is 18.5. The van der Waals surface area contributed by atoms with Gasteiger partial charge in [-0.15, -0.1) is 0 Å². The third-order valence-electron chi connectivity index (χ3n) is 6.97. The van der Waals surface area contributed by atoms with Gasteiger partial charge in [0, 0.05) is 17.3 Å². The van der Waals surface area contributed by atoms with Gasteiger partial charge < -0.3 is 9.84 Å². The number of fused-ring (bicyclic) bond motifs is 1. The van der Waals surface area contributed by atoms with Gasteiger partial charge in [-0.25, -0.2) is 4.98 Å². The summed E-state index contributed by atoms with van der Waals surface area (Å²) >= 11 is 1.34. The fraction of sp³-hybridized carbons (Fsp3) is 0.290. The van der Waals surface area contributed by atoms with E-state index < -0.39 is 17.7 Å². The minimum atomic E-state index is -0.934. The van der Waals surface area contributed by atoms with E-state index in [1.165, 1.54) is 16.2 Å². The summed E-state index contributed by atoms with van der Waals surface area (Å²) in [5.74, 6) is -0.776. The second-order valence-corrected chi connectivity index (χ2v) is 12.0. The van der Waals surface area contributed by atoms with Gasteiger partial charge >= 0.3 is 5.91 Å². The topological polar surface area (TPSA) is 92.6 Å². The van der Waals surface area contributed by atoms with Crippen molar-refractivity contribution < 1.29 is 19.4 Å². The predicted molar refractivity (Wildman–Crippen MR) is 154 cm³/mol. The molecule has 1 atom stereocenters. The summed E-state index contributed by atoms with van der Waals surface area (Å²) in [6, 6.07) is 15.7. The zero-order valence-electron chi connectivity index (χ0n) is 22.9. The molecule has 8 heteroatoms. The van der Waals surface area contributed by atoms with Gasteiger partial charge in [0.2, 0.25) is 0 Å². The lowest BCUT2D eigenvalue weighted by atomic mass is 9.84. The summed E-state index contributed by atoms with van der Waals surface area (Å²) in [4.78, 5) is 37.7. The zero-order chi connectivity index (χ0) is 28.1. The standard InChI is InChI=1S/C31H31N3O4S/c1-17(2)18-10-12-21-24(16-18)39-30(33-21)34-26(22-9-7-8-14-32-22)25(28(36)29(34)37)27(35)19-11-13-23(38-6)20(15-19)31(3,4)5/h7-17,26,35H,1-6H3/b27-25+. The predicted octanol–water partition coefficient (Wildman–Crippen LogP) is 6.75. The van der Waals surface area contributed by atoms with E-state index in [0.29, 0.717) is 28.1 Å². The van der Waals surface area contributed by atoms with Crippen molar-refractivity contribution in [1.82, 2.24) is 9.97 Å². The minimum Gasteiger partial charge on any atom is -0.507 e. The van der Waals surface area contributed by atoms with E-state index in [1.807, 2.05) is 39.0 Å². The van der Waals surface area contributed by atoms with Crippen LogP contribution in [0.25, 0.3) is 16.0 Å². The van der Waals surface area contributed by atoms with Crippen molar-refractivity contribution in [3.8, 4) is 5.75 Å². The molecule has 1 amide bonds. The van der Waals surface area contributed by atoms with E-state index in [1.54, 1.807) is 43.6 Å². The normalized spacial score (nSPS) is 17.4. The maximum Gasteiger partial charge on any atom is 0.301 e. The molecule has 0 radical (unpaired) electrons. The van der Waals surface area contributed by atoms with Crippen molar-refractivity contribution in [3.05, 3.63) is 88.8 Å². The van der Waals surface area contributed by atoms with E-state index in [9.17, 15) is 14.7 Å². The number of nitrogens with zero attached hydrogens (tertiary/aromatic N) is 3. The van der Waals surface area contributed by atoms with Crippen molar-refractivity contribution in [2.45, 2.75) is 52.0 Å². The van der Waals surface area contributed by atoms with E-state index in [0.717, 1.165) is 21.3 Å². The molecular formula is C31H31N3O4S. The third-order valence-corrected chi connectivity index (χ3v) is 7.98. The van der Waals surface area contributed by atoms with Crippen LogP contribution >= 0.6 is 11.3 Å². The monoisotopic (exact) mass is 541 g/mol. The van der Waals surface area contributed by atoms with Crippen LogP contribution in [0.15, 0.2) is 66.4 Å². The highest BCUT2D eigenvalue weighted by atomic mass is 32.1. The van der Waals surface area contributed by atoms with E-state index in [4.69, 9.17) is 9.72 Å². The van der Waals surface area contributed by atoms with Gasteiger partial charge in [-0.1, -0.05) is 58.1 Å². The summed E-state index contributed by atoms with van der Waals surface area (Å²) in [7, 11) is 1.60. The number of rotatable bonds is 5. The number of benzene rings is 2. The quantitative estimate of drug-likeness (QED) is 0.171. The molecule has 0 spiro atoms. The largest absolute Gasteiger partial charge is 0.507 e. The van der Waals surface area contributed by atoms with Crippen LogP contribution in [-0.4, -0.2) is 33.9 Å². The number of hydrogen-bond acceptors (Lipinski definition) is 7. The molecule has 1 aliphatic rings. The first kappa shape index (κ1) is 26.6. The molecule has 3 heterocycles. The lowest BCUT2D eigenvalue weighted by Gasteiger charge is -2.24. The molecule has 1 N–H and O–H groups in total. The van der Waals surface area contributed by atoms with Crippen LogP contribution in [0.5, 0.6) is 5.75 Å². The Morgan fingerprint density at radius 2 is 1.85 bits per heavy atom. The highest BCUT2D eigenvalue weighted by Gasteiger charge is 2.49. The highest BCUT2D eigenvalue weighted by molar-refractivity contribution is 7.22. The Hall–Kier alpha value is -4.04. The number of thiazole rings is 1. The molecule has 0 saturated carbocycles. The number of carbonyl (C=O) groups excluding carboxylic acids is 2. The molecule has 2 aromatic heterocycles. The zero-order valence-corrected chi connectivity index (χ0v) is 23.7. The Morgan fingerprint density at radius 3 is 2.49 bits per heavy atom. The van der Waals surface area contributed by atoms with Crippen LogP contribution in [0.1, 0.15) is 69.0 Å². The second-order valence-electron chi connectivity index (χ2n) is 11.0. The molecule has 0 aliphatic carbocycles. The van der Waals surface area contributed by atoms with Gasteiger partial charge in [-0.3, -0.25) is 19.5 Å². The SMILES string of the molecule is COc1ccc(/C(O)=C2\C(=O)C(=O)N(c3nc4ccc(C(C)C)cc4s3)C2c2ccccn2)cc1C(C)(C)C. The van der Waals surface area contributed by atoms with E-state index in [2.05, 4.69) is 24.9 Å². The fourth-order valence-electron chi connectivity index (χ4n) is 4.84. The summed E-state index contributed by atoms with van der Waals surface area (Å²) in [6.07, 6.45) is 1.60. The molecule has 1 fully saturated rings. The van der Waals surface area contributed by atoms with Crippen molar-refractivity contribution >= 4 is 44.1 Å². The maximum atomic E-state index is 13.6. The fourth-order valence-corrected chi connectivity index (χ4v) is 5.88. The number of hydrogen-bond donors (Lipinski definition) is 1. The van der Waals surface area contributed by atoms with Gasteiger partial charge in [-0.05, 0) is 59.4 Å². The molecule has 2 aromatic carbocycles. The van der Waals surface area contributed by atoms with Gasteiger partial charge in [0.1, 0.15) is 17.6 Å². The number of methoxy groups -OCH3 is 1. The molecule has 200 valence electrons. The lowest BCUT2D eigenvalue weighted by molar-refractivity contribution is -0.132. The minimum absolute atomic E-state index is 0.0224. The molecule has 4 aromatic rings. The number of aliphatic hydroxyl groups excluding tert-OH is 1. The van der Waals surface area contributed by atoms with Gasteiger partial charge in [0.15, 0.2) is 5.13 Å². The van der Waals surface area contributed by atoms with Crippen molar-refractivity contribution in [2.75, 3.05) is 12.0 Å². The third kappa shape index (κ3) is 4.69. The van der Waals surface area contributed by atoms with Crippen LogP contribution in [0, 0.1) is 0 Å². The molecule has 1 aliphatic heterocycles. The number of aliphatic hydroxyl groups is 1. The Bertz CT molecular complexity index is 1620. The molecule has 39 heavy (non-hydrogen) atoms. The number of pyridine rings is 1. The van der Waals surface area contributed by atoms with Crippen LogP contribution in [0.4, 0.5) is 5.13 Å². The smallest absolute Gasteiger partial charge is 0.301 e. The highest BCUT2D eigenvalue weighted by Crippen LogP contribution is 2.44. The molecule has 5 rings (SSSR count). The van der Waals surface area contributed by atoms with Crippen LogP contribution in [0.3, 0.4) is 0 Å². The molecule has 0 bridgehead atoms.